The summed E-state index contributed by atoms with van der Waals surface area (Å²) >= 11 is 0. The third-order valence-electron chi connectivity index (χ3n) is 4.74. The van der Waals surface area contributed by atoms with Crippen molar-refractivity contribution in [2.75, 3.05) is 19.0 Å². The molecule has 1 unspecified atom stereocenters. The third-order valence-corrected chi connectivity index (χ3v) is 6.26. The third kappa shape index (κ3) is 6.53. The summed E-state index contributed by atoms with van der Waals surface area (Å²) in [5.41, 5.74) is 2.35. The van der Waals surface area contributed by atoms with E-state index in [9.17, 15) is 14.5 Å². The molecule has 0 aromatic carbocycles. The first-order valence-electron chi connectivity index (χ1n) is 9.13. The number of anilines is 1. The average Bonchev–Trinajstić information content (AvgIpc) is 2.84. The van der Waals surface area contributed by atoms with E-state index in [1.54, 1.807) is 0 Å². The van der Waals surface area contributed by atoms with Crippen LogP contribution in [0.3, 0.4) is 0 Å². The monoisotopic (exact) mass is 450 g/mol. The molecular weight excluding hydrogens is 422 g/mol. The Morgan fingerprint density at radius 2 is 2.07 bits per heavy atom. The average molecular weight is 450 g/mol. The molecule has 1 aromatic heterocycles. The molecule has 30 heavy (non-hydrogen) atoms. The smallest absolute Gasteiger partial charge is 0.373 e. The van der Waals surface area contributed by atoms with Gasteiger partial charge in [-0.1, -0.05) is 13.8 Å². The molecule has 2 heterocycles. The van der Waals surface area contributed by atoms with E-state index in [0.29, 0.717) is 0 Å². The molecule has 1 aromatic rings. The Balaban J connectivity index is 0.00000141. The quantitative estimate of drug-likeness (QED) is 0.504. The van der Waals surface area contributed by atoms with Gasteiger partial charge < -0.3 is 20.1 Å². The Labute approximate surface area is 173 Å². The second kappa shape index (κ2) is 10.4. The minimum atomic E-state index is -3.19. The minimum Gasteiger partial charge on any atom is -0.387 e. The van der Waals surface area contributed by atoms with Crippen LogP contribution in [-0.2, 0) is 23.4 Å². The number of hydrogen-bond acceptors (Lipinski definition) is 9. The Morgan fingerprint density at radius 1 is 1.50 bits per heavy atom. The molecule has 4 N–H and O–H groups in total. The zero-order chi connectivity index (χ0) is 23.3. The fourth-order valence-electron chi connectivity index (χ4n) is 2.73. The van der Waals surface area contributed by atoms with Crippen molar-refractivity contribution in [2.45, 2.75) is 57.8 Å². The maximum absolute atomic E-state index is 15.1. The van der Waals surface area contributed by atoms with Crippen molar-refractivity contribution in [3.8, 4) is 0 Å². The Hall–Kier alpha value is -1.94. The Morgan fingerprint density at radius 3 is 2.57 bits per heavy atom. The van der Waals surface area contributed by atoms with Gasteiger partial charge in [0, 0.05) is 18.9 Å². The molecule has 0 radical (unpaired) electrons. The van der Waals surface area contributed by atoms with Gasteiger partial charge in [0.05, 0.1) is 6.61 Å². The Bertz CT molecular complexity index is 857. The standard InChI is InChI=1S/C16H28FN4O5P.CO2/c1-9(2)10(3)20-27(5,24)25-8-11-13(22)16(4,17)14(26-11)21-7-6-12(18)19-15(21)23;2-1-3/h6-7,9-11,13-14,22H,8H2,1-5H3,(H,20,24)(H2,18,19,23);/t10-,11-,13-,14-,16-,27?;/m1./s1. The number of alkyl halides is 1. The number of nitrogens with one attached hydrogen (secondary N) is 1. The van der Waals surface area contributed by atoms with Crippen LogP contribution >= 0.6 is 7.52 Å². The predicted molar refractivity (Wildman–Crippen MR) is 104 cm³/mol. The van der Waals surface area contributed by atoms with E-state index in [2.05, 4.69) is 10.1 Å². The highest BCUT2D eigenvalue weighted by molar-refractivity contribution is 7.56. The first kappa shape index (κ1) is 26.1. The molecular formula is C17H28FN4O7P. The fraction of sp³-hybridized carbons (Fsp3) is 0.706. The van der Waals surface area contributed by atoms with Gasteiger partial charge >= 0.3 is 11.8 Å². The lowest BCUT2D eigenvalue weighted by atomic mass is 9.98. The molecule has 0 amide bonds. The highest BCUT2D eigenvalue weighted by atomic mass is 31.2. The number of nitrogen functional groups attached to an aromatic ring is 1. The van der Waals surface area contributed by atoms with E-state index in [-0.39, 0.29) is 30.5 Å². The predicted octanol–water partition coefficient (Wildman–Crippen LogP) is 0.702. The summed E-state index contributed by atoms with van der Waals surface area (Å²) in [5, 5.41) is 13.2. The SMILES string of the molecule is CC(C)[C@@H](C)NP(C)(=O)OC[C@H]1O[C@@H](n2ccc(N)nc2=O)[C@](C)(F)[C@@H]1O.O=C=O. The van der Waals surface area contributed by atoms with Crippen molar-refractivity contribution >= 4 is 19.5 Å². The molecule has 11 nitrogen and oxygen atoms in total. The zero-order valence-corrected chi connectivity index (χ0v) is 18.3. The molecule has 170 valence electrons. The molecule has 2 rings (SSSR count). The summed E-state index contributed by atoms with van der Waals surface area (Å²) in [5.74, 6) is 0.228. The maximum Gasteiger partial charge on any atom is 0.373 e. The van der Waals surface area contributed by atoms with Gasteiger partial charge in [0.1, 0.15) is 18.0 Å². The lowest BCUT2D eigenvalue weighted by Crippen LogP contribution is -2.43. The summed E-state index contributed by atoms with van der Waals surface area (Å²) in [6.45, 7) is 8.04. The highest BCUT2D eigenvalue weighted by Crippen LogP contribution is 2.44. The number of aliphatic hydroxyl groups excluding tert-OH is 1. The van der Waals surface area contributed by atoms with Crippen LogP contribution in [0.4, 0.5) is 10.2 Å². The van der Waals surface area contributed by atoms with Gasteiger partial charge in [-0.25, -0.2) is 14.3 Å². The van der Waals surface area contributed by atoms with Crippen molar-refractivity contribution in [1.29, 1.82) is 0 Å². The van der Waals surface area contributed by atoms with Gasteiger partial charge in [0.15, 0.2) is 11.9 Å². The van der Waals surface area contributed by atoms with E-state index >= 15 is 4.39 Å². The van der Waals surface area contributed by atoms with Gasteiger partial charge in [0.2, 0.25) is 0 Å². The normalized spacial score (nSPS) is 28.9. The lowest BCUT2D eigenvalue weighted by Gasteiger charge is -2.25. The molecule has 6 atom stereocenters. The number of ether oxygens (including phenoxy) is 1. The van der Waals surface area contributed by atoms with Crippen molar-refractivity contribution in [3.63, 3.8) is 0 Å². The van der Waals surface area contributed by atoms with Gasteiger partial charge in [-0.3, -0.25) is 9.13 Å². The number of aliphatic hydroxyl groups is 1. The van der Waals surface area contributed by atoms with Crippen LogP contribution in [0.2, 0.25) is 0 Å². The van der Waals surface area contributed by atoms with Gasteiger partial charge in [0.25, 0.3) is 7.52 Å². The van der Waals surface area contributed by atoms with Crippen molar-refractivity contribution in [3.05, 3.63) is 22.7 Å². The number of carbonyl (C=O) groups excluding carboxylic acids is 2. The van der Waals surface area contributed by atoms with E-state index < -0.39 is 37.3 Å². The molecule has 13 heteroatoms. The molecule has 1 saturated heterocycles. The summed E-state index contributed by atoms with van der Waals surface area (Å²) in [4.78, 5) is 31.8. The van der Waals surface area contributed by atoms with Gasteiger partial charge in [-0.2, -0.15) is 14.6 Å². The molecule has 0 bridgehead atoms. The number of nitrogens with two attached hydrogens (primary N) is 1. The van der Waals surface area contributed by atoms with Crippen molar-refractivity contribution in [1.82, 2.24) is 14.6 Å². The van der Waals surface area contributed by atoms with Crippen molar-refractivity contribution < 1.29 is 32.9 Å². The van der Waals surface area contributed by atoms with E-state index in [4.69, 9.17) is 24.6 Å². The fourth-order valence-corrected chi connectivity index (χ4v) is 4.27. The minimum absolute atomic E-state index is 0.00694. The number of halogens is 1. The van der Waals surface area contributed by atoms with E-state index in [1.165, 1.54) is 18.9 Å². The van der Waals surface area contributed by atoms with Crippen LogP contribution in [0, 0.1) is 5.92 Å². The van der Waals surface area contributed by atoms with Crippen LogP contribution in [0.15, 0.2) is 17.1 Å². The van der Waals surface area contributed by atoms with Crippen LogP contribution in [-0.4, -0.2) is 58.0 Å². The lowest BCUT2D eigenvalue weighted by molar-refractivity contribution is -0.191. The number of rotatable bonds is 7. The molecule has 0 spiro atoms. The molecule has 0 saturated carbocycles. The largest absolute Gasteiger partial charge is 0.387 e. The maximum atomic E-state index is 15.1. The van der Waals surface area contributed by atoms with E-state index in [1.807, 2.05) is 20.8 Å². The molecule has 0 aliphatic carbocycles. The first-order valence-corrected chi connectivity index (χ1v) is 11.2. The van der Waals surface area contributed by atoms with E-state index in [0.717, 1.165) is 11.5 Å². The van der Waals surface area contributed by atoms with Crippen LogP contribution in [0.5, 0.6) is 0 Å². The Kier molecular flexibility index (Phi) is 9.04. The van der Waals surface area contributed by atoms with Gasteiger partial charge in [-0.05, 0) is 25.8 Å². The first-order chi connectivity index (χ1) is 13.8. The summed E-state index contributed by atoms with van der Waals surface area (Å²) in [7, 11) is -3.19. The summed E-state index contributed by atoms with van der Waals surface area (Å²) in [6.07, 6.45) is -2.62. The number of aromatic nitrogens is 2. The summed E-state index contributed by atoms with van der Waals surface area (Å²) in [6, 6.07) is 1.27. The van der Waals surface area contributed by atoms with Crippen LogP contribution in [0.1, 0.15) is 33.9 Å². The molecule has 1 aliphatic heterocycles. The van der Waals surface area contributed by atoms with Crippen molar-refractivity contribution in [2.24, 2.45) is 5.92 Å². The highest BCUT2D eigenvalue weighted by Gasteiger charge is 2.55. The number of nitrogens with zero attached hydrogens (tertiary/aromatic N) is 2. The second-order valence-corrected chi connectivity index (χ2v) is 9.76. The van der Waals surface area contributed by atoms with Gasteiger partial charge in [-0.15, -0.1) is 0 Å². The molecule has 1 aliphatic rings. The number of hydrogen-bond donors (Lipinski definition) is 3. The van der Waals surface area contributed by atoms with Crippen LogP contribution in [0.25, 0.3) is 0 Å². The second-order valence-electron chi connectivity index (χ2n) is 7.55. The summed E-state index contributed by atoms with van der Waals surface area (Å²) < 4.78 is 39.5. The topological polar surface area (TPSA) is 163 Å². The molecule has 1 fully saturated rings. The zero-order valence-electron chi connectivity index (χ0n) is 17.4. The van der Waals surface area contributed by atoms with Crippen LogP contribution < -0.4 is 16.5 Å².